The van der Waals surface area contributed by atoms with E-state index >= 15 is 0 Å². The van der Waals surface area contributed by atoms with Gasteiger partial charge in [0, 0.05) is 13.1 Å². The van der Waals surface area contributed by atoms with Crippen LogP contribution in [0.15, 0.2) is 0 Å². The first kappa shape index (κ1) is 10.4. The summed E-state index contributed by atoms with van der Waals surface area (Å²) in [5.41, 5.74) is 0. The summed E-state index contributed by atoms with van der Waals surface area (Å²) in [6.45, 7) is 0.891. The van der Waals surface area contributed by atoms with Gasteiger partial charge in [-0.05, 0) is 13.0 Å². The predicted molar refractivity (Wildman–Crippen MR) is 43.7 cm³/mol. The lowest BCUT2D eigenvalue weighted by molar-refractivity contribution is -0.141. The van der Waals surface area contributed by atoms with Crippen LogP contribution in [0.2, 0.25) is 0 Å². The summed E-state index contributed by atoms with van der Waals surface area (Å²) in [7, 11) is 0. The zero-order chi connectivity index (χ0) is 9.84. The van der Waals surface area contributed by atoms with Crippen molar-refractivity contribution in [3.05, 3.63) is 0 Å². The molecule has 0 aromatic rings. The maximum atomic E-state index is 10.6. The topological polar surface area (TPSA) is 80.7 Å². The molecule has 0 saturated carbocycles. The number of hydrogen-bond acceptors (Lipinski definition) is 3. The molecule has 0 bridgehead atoms. The fraction of sp³-hybridized carbons (Fsp3) is 0.875. The first-order valence-electron chi connectivity index (χ1n) is 4.34. The zero-order valence-corrected chi connectivity index (χ0v) is 7.35. The van der Waals surface area contributed by atoms with Crippen molar-refractivity contribution >= 4 is 5.97 Å². The van der Waals surface area contributed by atoms with E-state index in [1.54, 1.807) is 0 Å². The summed E-state index contributed by atoms with van der Waals surface area (Å²) in [6.07, 6.45) is -0.256. The molecule has 0 aromatic heterocycles. The van der Waals surface area contributed by atoms with Crippen molar-refractivity contribution in [2.45, 2.75) is 12.5 Å². The van der Waals surface area contributed by atoms with E-state index in [2.05, 4.69) is 0 Å². The Balaban J connectivity index is 2.29. The third-order valence-corrected chi connectivity index (χ3v) is 2.28. The maximum absolute atomic E-state index is 10.6. The minimum absolute atomic E-state index is 0.299. The summed E-state index contributed by atoms with van der Waals surface area (Å²) >= 11 is 0. The molecule has 5 nitrogen and oxygen atoms in total. The van der Waals surface area contributed by atoms with Crippen LogP contribution in [0.5, 0.6) is 0 Å². The number of likely N-dealkylation sites (tertiary alicyclic amines) is 1. The standard InChI is InChI=1S/C8H14NO4/c10-5-7(11)4-9-2-1-6(3-9)8(12)13/h6-7,11H,1-5H2,(H,12,13). The van der Waals surface area contributed by atoms with Crippen molar-refractivity contribution < 1.29 is 20.1 Å². The zero-order valence-electron chi connectivity index (χ0n) is 7.35. The highest BCUT2D eigenvalue weighted by Crippen LogP contribution is 2.16. The molecule has 0 aliphatic carbocycles. The number of aliphatic hydroxyl groups is 1. The number of β-amino-alcohol motifs (C(OH)–C–C–N with tert-alkyl or cyclic N) is 1. The van der Waals surface area contributed by atoms with Gasteiger partial charge in [-0.1, -0.05) is 0 Å². The lowest BCUT2D eigenvalue weighted by Gasteiger charge is -2.17. The van der Waals surface area contributed by atoms with E-state index in [-0.39, 0.29) is 5.92 Å². The quantitative estimate of drug-likeness (QED) is 0.604. The third kappa shape index (κ3) is 2.95. The van der Waals surface area contributed by atoms with Crippen LogP contribution in [-0.2, 0) is 9.90 Å². The van der Waals surface area contributed by atoms with Crippen molar-refractivity contribution in [2.24, 2.45) is 5.92 Å². The van der Waals surface area contributed by atoms with E-state index in [0.29, 0.717) is 26.1 Å². The number of aliphatic carboxylic acids is 1. The number of nitrogens with zero attached hydrogens (tertiary/aromatic N) is 1. The summed E-state index contributed by atoms with van der Waals surface area (Å²) in [5.74, 6) is -1.13. The molecule has 2 unspecified atom stereocenters. The van der Waals surface area contributed by atoms with Gasteiger partial charge in [0.25, 0.3) is 0 Å². The van der Waals surface area contributed by atoms with Crippen LogP contribution in [0, 0.1) is 5.92 Å². The van der Waals surface area contributed by atoms with Crippen molar-refractivity contribution in [1.82, 2.24) is 4.90 Å². The minimum Gasteiger partial charge on any atom is -0.481 e. The molecule has 0 amide bonds. The van der Waals surface area contributed by atoms with Crippen LogP contribution in [0.25, 0.3) is 0 Å². The van der Waals surface area contributed by atoms with Gasteiger partial charge in [-0.2, -0.15) is 0 Å². The lowest BCUT2D eigenvalue weighted by Crippen LogP contribution is -2.33. The Kier molecular flexibility index (Phi) is 3.65. The van der Waals surface area contributed by atoms with Gasteiger partial charge in [-0.15, -0.1) is 0 Å². The molecule has 0 spiro atoms. The Morgan fingerprint density at radius 2 is 2.31 bits per heavy atom. The van der Waals surface area contributed by atoms with E-state index in [1.807, 2.05) is 4.90 Å². The lowest BCUT2D eigenvalue weighted by atomic mass is 10.1. The molecule has 2 N–H and O–H groups in total. The second-order valence-electron chi connectivity index (χ2n) is 3.40. The second-order valence-corrected chi connectivity index (χ2v) is 3.40. The van der Waals surface area contributed by atoms with Crippen molar-refractivity contribution in [3.63, 3.8) is 0 Å². The fourth-order valence-corrected chi connectivity index (χ4v) is 1.55. The van der Waals surface area contributed by atoms with Crippen LogP contribution < -0.4 is 0 Å². The smallest absolute Gasteiger partial charge is 0.307 e. The monoisotopic (exact) mass is 188 g/mol. The molecule has 1 heterocycles. The summed E-state index contributed by atoms with van der Waals surface area (Å²) in [4.78, 5) is 12.4. The molecule has 1 saturated heterocycles. The number of rotatable bonds is 4. The van der Waals surface area contributed by atoms with Gasteiger partial charge >= 0.3 is 5.97 Å². The first-order chi connectivity index (χ1) is 6.13. The summed E-state index contributed by atoms with van der Waals surface area (Å²) in [5, 5.41) is 28.0. The molecule has 0 aromatic carbocycles. The van der Waals surface area contributed by atoms with Gasteiger partial charge in [0.05, 0.1) is 12.0 Å². The van der Waals surface area contributed by atoms with Crippen LogP contribution in [0.3, 0.4) is 0 Å². The minimum atomic E-state index is -0.868. The number of carboxylic acids is 1. The average Bonchev–Trinajstić information content (AvgIpc) is 2.52. The van der Waals surface area contributed by atoms with Crippen LogP contribution in [-0.4, -0.2) is 53.4 Å². The predicted octanol–water partition coefficient (Wildman–Crippen LogP) is -0.816. The molecule has 1 rings (SSSR count). The second kappa shape index (κ2) is 4.55. The van der Waals surface area contributed by atoms with Gasteiger partial charge in [0.15, 0.2) is 0 Å². The Bertz CT molecular complexity index is 185. The van der Waals surface area contributed by atoms with Crippen molar-refractivity contribution in [1.29, 1.82) is 0 Å². The van der Waals surface area contributed by atoms with E-state index in [0.717, 1.165) is 0 Å². The van der Waals surface area contributed by atoms with Crippen molar-refractivity contribution in [2.75, 3.05) is 26.2 Å². The van der Waals surface area contributed by atoms with Crippen LogP contribution >= 0.6 is 0 Å². The molecule has 1 radical (unpaired) electrons. The Labute approximate surface area is 76.6 Å². The van der Waals surface area contributed by atoms with Crippen LogP contribution in [0.1, 0.15) is 6.42 Å². The average molecular weight is 188 g/mol. The Morgan fingerprint density at radius 1 is 1.62 bits per heavy atom. The molecule has 1 fully saturated rings. The van der Waals surface area contributed by atoms with E-state index in [9.17, 15) is 9.90 Å². The van der Waals surface area contributed by atoms with Gasteiger partial charge in [-0.25, -0.2) is 5.11 Å². The first-order valence-corrected chi connectivity index (χ1v) is 4.34. The molecule has 1 aliphatic heterocycles. The third-order valence-electron chi connectivity index (χ3n) is 2.28. The fourth-order valence-electron chi connectivity index (χ4n) is 1.55. The molecule has 13 heavy (non-hydrogen) atoms. The maximum Gasteiger partial charge on any atom is 0.307 e. The molecule has 75 valence electrons. The molecular formula is C8H14NO4. The SMILES string of the molecule is [O]CC(O)CN1CCC(C(=O)O)C1. The molecule has 1 aliphatic rings. The molecular weight excluding hydrogens is 174 g/mol. The van der Waals surface area contributed by atoms with Gasteiger partial charge < -0.3 is 10.2 Å². The number of carbonyl (C=O) groups is 1. The Morgan fingerprint density at radius 3 is 2.77 bits per heavy atom. The number of carboxylic acid groups (broad SMARTS) is 1. The number of aliphatic hydroxyl groups excluding tert-OH is 1. The van der Waals surface area contributed by atoms with E-state index in [4.69, 9.17) is 10.2 Å². The van der Waals surface area contributed by atoms with Gasteiger partial charge in [-0.3, -0.25) is 9.69 Å². The summed E-state index contributed by atoms with van der Waals surface area (Å²) in [6, 6.07) is 0. The normalized spacial score (nSPS) is 26.2. The highest BCUT2D eigenvalue weighted by molar-refractivity contribution is 5.70. The van der Waals surface area contributed by atoms with Gasteiger partial charge in [0.1, 0.15) is 6.61 Å². The highest BCUT2D eigenvalue weighted by atomic mass is 16.4. The summed E-state index contributed by atoms with van der Waals surface area (Å²) < 4.78 is 0. The number of hydrogen-bond donors (Lipinski definition) is 2. The highest BCUT2D eigenvalue weighted by Gasteiger charge is 2.28. The largest absolute Gasteiger partial charge is 0.481 e. The van der Waals surface area contributed by atoms with Gasteiger partial charge in [0.2, 0.25) is 0 Å². The van der Waals surface area contributed by atoms with E-state index < -0.39 is 18.7 Å². The van der Waals surface area contributed by atoms with Crippen molar-refractivity contribution in [3.8, 4) is 0 Å². The van der Waals surface area contributed by atoms with E-state index in [1.165, 1.54) is 0 Å². The Hall–Kier alpha value is -0.650. The van der Waals surface area contributed by atoms with Crippen LogP contribution in [0.4, 0.5) is 0 Å². The molecule has 2 atom stereocenters. The molecule has 5 heteroatoms.